The minimum Gasteiger partial charge on any atom is -0.369 e. The van der Waals surface area contributed by atoms with Crippen molar-refractivity contribution in [2.75, 3.05) is 18.0 Å². The zero-order valence-corrected chi connectivity index (χ0v) is 10.4. The van der Waals surface area contributed by atoms with Gasteiger partial charge in [-0.1, -0.05) is 15.9 Å². The molecule has 0 aromatic heterocycles. The van der Waals surface area contributed by atoms with Crippen molar-refractivity contribution >= 4 is 21.6 Å². The zero-order chi connectivity index (χ0) is 12.6. The van der Waals surface area contributed by atoms with Gasteiger partial charge in [-0.15, -0.1) is 0 Å². The smallest absolute Gasteiger partial charge is 0.369 e. The fraction of sp³-hybridized carbons (Fsp3) is 0.455. The van der Waals surface area contributed by atoms with Gasteiger partial charge in [-0.3, -0.25) is 0 Å². The monoisotopic (exact) mass is 311 g/mol. The maximum absolute atomic E-state index is 13.7. The van der Waals surface area contributed by atoms with Crippen molar-refractivity contribution in [3.63, 3.8) is 0 Å². The predicted molar refractivity (Wildman–Crippen MR) is 60.5 cm³/mol. The van der Waals surface area contributed by atoms with Crippen LogP contribution < -0.4 is 4.90 Å². The molecule has 1 aromatic rings. The van der Waals surface area contributed by atoms with E-state index in [1.807, 2.05) is 0 Å². The largest absolute Gasteiger partial charge is 0.418 e. The van der Waals surface area contributed by atoms with Gasteiger partial charge in [-0.25, -0.2) is 4.39 Å². The van der Waals surface area contributed by atoms with Crippen molar-refractivity contribution in [1.82, 2.24) is 0 Å². The first-order valence-electron chi connectivity index (χ1n) is 5.21. The van der Waals surface area contributed by atoms with Crippen molar-refractivity contribution in [2.45, 2.75) is 19.0 Å². The Morgan fingerprint density at radius 2 is 1.71 bits per heavy atom. The van der Waals surface area contributed by atoms with Crippen molar-refractivity contribution in [1.29, 1.82) is 0 Å². The Bertz CT molecular complexity index is 424. The van der Waals surface area contributed by atoms with Gasteiger partial charge in [-0.2, -0.15) is 13.2 Å². The number of alkyl halides is 3. The van der Waals surface area contributed by atoms with Crippen LogP contribution in [0.1, 0.15) is 18.4 Å². The minimum atomic E-state index is -4.54. The van der Waals surface area contributed by atoms with Gasteiger partial charge in [0.25, 0.3) is 0 Å². The third kappa shape index (κ3) is 2.56. The van der Waals surface area contributed by atoms with Gasteiger partial charge >= 0.3 is 6.18 Å². The second-order valence-corrected chi connectivity index (χ2v) is 4.89. The van der Waals surface area contributed by atoms with Gasteiger partial charge < -0.3 is 4.90 Å². The number of rotatable bonds is 1. The summed E-state index contributed by atoms with van der Waals surface area (Å²) < 4.78 is 52.4. The van der Waals surface area contributed by atoms with E-state index in [4.69, 9.17) is 0 Å². The summed E-state index contributed by atoms with van der Waals surface area (Å²) in [7, 11) is 0. The van der Waals surface area contributed by atoms with Crippen LogP contribution in [0, 0.1) is 5.82 Å². The number of halogens is 5. The van der Waals surface area contributed by atoms with Crippen LogP contribution in [0.5, 0.6) is 0 Å². The third-order valence-electron chi connectivity index (χ3n) is 2.76. The van der Waals surface area contributed by atoms with E-state index in [1.165, 1.54) is 4.90 Å². The Labute approximate surface area is 105 Å². The second-order valence-electron chi connectivity index (χ2n) is 3.98. The van der Waals surface area contributed by atoms with Gasteiger partial charge in [0.2, 0.25) is 0 Å². The molecule has 1 nitrogen and oxygen atoms in total. The molecule has 1 aromatic carbocycles. The first kappa shape index (κ1) is 12.7. The van der Waals surface area contributed by atoms with E-state index in [2.05, 4.69) is 15.9 Å². The molecule has 0 bridgehead atoms. The molecule has 1 fully saturated rings. The van der Waals surface area contributed by atoms with Crippen molar-refractivity contribution in [2.24, 2.45) is 0 Å². The average molecular weight is 312 g/mol. The highest BCUT2D eigenvalue weighted by atomic mass is 79.9. The Kier molecular flexibility index (Phi) is 3.34. The molecule has 1 saturated heterocycles. The fourth-order valence-corrected chi connectivity index (χ4v) is 2.47. The van der Waals surface area contributed by atoms with Crippen LogP contribution in [0.4, 0.5) is 23.2 Å². The Morgan fingerprint density at radius 3 is 2.24 bits per heavy atom. The molecule has 0 amide bonds. The summed E-state index contributed by atoms with van der Waals surface area (Å²) in [5.74, 6) is -0.825. The summed E-state index contributed by atoms with van der Waals surface area (Å²) in [5.41, 5.74) is -1.23. The summed E-state index contributed by atoms with van der Waals surface area (Å²) in [4.78, 5) is 1.46. The van der Waals surface area contributed by atoms with E-state index >= 15 is 0 Å². The van der Waals surface area contributed by atoms with Crippen LogP contribution in [0.15, 0.2) is 16.6 Å². The molecule has 0 unspecified atom stereocenters. The molecule has 1 aliphatic heterocycles. The molecule has 1 heterocycles. The molecule has 0 aliphatic carbocycles. The lowest BCUT2D eigenvalue weighted by atomic mass is 10.1. The molecule has 0 saturated carbocycles. The van der Waals surface area contributed by atoms with Crippen LogP contribution >= 0.6 is 15.9 Å². The molecule has 6 heteroatoms. The minimum absolute atomic E-state index is 0.102. The van der Waals surface area contributed by atoms with Gasteiger partial charge in [0, 0.05) is 17.6 Å². The lowest BCUT2D eigenvalue weighted by molar-refractivity contribution is -0.137. The van der Waals surface area contributed by atoms with Crippen molar-refractivity contribution in [3.8, 4) is 0 Å². The predicted octanol–water partition coefficient (Wildman–Crippen LogP) is 4.21. The first-order chi connectivity index (χ1) is 7.89. The highest BCUT2D eigenvalue weighted by Crippen LogP contribution is 2.40. The first-order valence-corrected chi connectivity index (χ1v) is 6.00. The van der Waals surface area contributed by atoms with Gasteiger partial charge in [-0.05, 0) is 25.0 Å². The van der Waals surface area contributed by atoms with E-state index < -0.39 is 17.6 Å². The number of benzene rings is 1. The Hall–Kier alpha value is -0.780. The zero-order valence-electron chi connectivity index (χ0n) is 8.82. The Balaban J connectivity index is 2.54. The summed E-state index contributed by atoms with van der Waals surface area (Å²) >= 11 is 2.89. The van der Waals surface area contributed by atoms with E-state index in [9.17, 15) is 17.6 Å². The highest BCUT2D eigenvalue weighted by Gasteiger charge is 2.37. The summed E-state index contributed by atoms with van der Waals surface area (Å²) in [6.07, 6.45) is -2.94. The Morgan fingerprint density at radius 1 is 1.12 bits per heavy atom. The van der Waals surface area contributed by atoms with E-state index in [0.717, 1.165) is 25.0 Å². The maximum Gasteiger partial charge on any atom is 0.418 e. The number of nitrogens with zero attached hydrogens (tertiary/aromatic N) is 1. The number of hydrogen-bond acceptors (Lipinski definition) is 1. The second kappa shape index (κ2) is 4.48. The standard InChI is InChI=1S/C11H10BrF4N/c12-7-5-8(11(14,15)16)10(9(13)6-7)17-3-1-2-4-17/h5-6H,1-4H2. The normalized spacial score (nSPS) is 16.6. The summed E-state index contributed by atoms with van der Waals surface area (Å²) in [6.45, 7) is 0.948. The molecule has 0 spiro atoms. The van der Waals surface area contributed by atoms with E-state index in [1.54, 1.807) is 0 Å². The molecule has 17 heavy (non-hydrogen) atoms. The van der Waals surface area contributed by atoms with Crippen LogP contribution in [0.25, 0.3) is 0 Å². The molecule has 0 radical (unpaired) electrons. The molecule has 2 rings (SSSR count). The SMILES string of the molecule is Fc1cc(Br)cc(C(F)(F)F)c1N1CCCC1. The maximum atomic E-state index is 13.7. The van der Waals surface area contributed by atoms with Crippen molar-refractivity contribution in [3.05, 3.63) is 28.0 Å². The molecular weight excluding hydrogens is 302 g/mol. The molecule has 1 aliphatic rings. The topological polar surface area (TPSA) is 3.24 Å². The van der Waals surface area contributed by atoms with Crippen LogP contribution in [-0.4, -0.2) is 13.1 Å². The molecule has 94 valence electrons. The fourth-order valence-electron chi connectivity index (χ4n) is 2.04. The summed E-state index contributed by atoms with van der Waals surface area (Å²) in [6, 6.07) is 2.00. The molecule has 0 N–H and O–H groups in total. The van der Waals surface area contributed by atoms with Gasteiger partial charge in [0.05, 0.1) is 11.3 Å². The lowest BCUT2D eigenvalue weighted by Gasteiger charge is -2.23. The highest BCUT2D eigenvalue weighted by molar-refractivity contribution is 9.10. The molecule has 0 atom stereocenters. The van der Waals surface area contributed by atoms with Crippen LogP contribution in [0.3, 0.4) is 0 Å². The number of hydrogen-bond donors (Lipinski definition) is 0. The summed E-state index contributed by atoms with van der Waals surface area (Å²) in [5, 5.41) is 0. The quantitative estimate of drug-likeness (QED) is 0.702. The van der Waals surface area contributed by atoms with E-state index in [-0.39, 0.29) is 10.2 Å². The van der Waals surface area contributed by atoms with Gasteiger partial charge in [0.15, 0.2) is 0 Å². The van der Waals surface area contributed by atoms with E-state index in [0.29, 0.717) is 13.1 Å². The van der Waals surface area contributed by atoms with Crippen LogP contribution in [0.2, 0.25) is 0 Å². The average Bonchev–Trinajstić information content (AvgIpc) is 2.67. The lowest BCUT2D eigenvalue weighted by Crippen LogP contribution is -2.23. The number of anilines is 1. The molecular formula is C11H10BrF4N. The third-order valence-corrected chi connectivity index (χ3v) is 3.21. The van der Waals surface area contributed by atoms with Crippen molar-refractivity contribution < 1.29 is 17.6 Å². The van der Waals surface area contributed by atoms with Gasteiger partial charge in [0.1, 0.15) is 5.82 Å². The van der Waals surface area contributed by atoms with Crippen LogP contribution in [-0.2, 0) is 6.18 Å².